The molecule has 0 unspecified atom stereocenters. The molecule has 1 fully saturated rings. The summed E-state index contributed by atoms with van der Waals surface area (Å²) in [6.45, 7) is 0. The van der Waals surface area contributed by atoms with E-state index in [1.165, 1.54) is 44.1 Å². The first-order valence-electron chi connectivity index (χ1n) is 6.51. The topological polar surface area (TPSA) is 38.9 Å². The van der Waals surface area contributed by atoms with Gasteiger partial charge in [0.15, 0.2) is 0 Å². The number of aromatic nitrogens is 1. The van der Waals surface area contributed by atoms with Crippen LogP contribution in [0.2, 0.25) is 0 Å². The van der Waals surface area contributed by atoms with Crippen LogP contribution in [0.15, 0.2) is 24.5 Å². The van der Waals surface area contributed by atoms with Crippen LogP contribution in [0.3, 0.4) is 0 Å². The quantitative estimate of drug-likeness (QED) is 0.825. The molecule has 1 aliphatic rings. The van der Waals surface area contributed by atoms with E-state index in [1.807, 2.05) is 18.5 Å². The van der Waals surface area contributed by atoms with Gasteiger partial charge in [0.2, 0.25) is 0 Å². The summed E-state index contributed by atoms with van der Waals surface area (Å²) >= 11 is 0. The first kappa shape index (κ1) is 11.6. The predicted octanol–water partition coefficient (Wildman–Crippen LogP) is 2.92. The molecule has 2 nitrogen and oxygen atoms in total. The van der Waals surface area contributed by atoms with E-state index in [0.717, 1.165) is 12.3 Å². The zero-order chi connectivity index (χ0) is 11.2. The zero-order valence-electron chi connectivity index (χ0n) is 9.94. The third-order valence-electron chi connectivity index (χ3n) is 3.73. The first-order chi connectivity index (χ1) is 7.86. The van der Waals surface area contributed by atoms with E-state index in [1.54, 1.807) is 0 Å². The van der Waals surface area contributed by atoms with E-state index in [2.05, 4.69) is 11.1 Å². The van der Waals surface area contributed by atoms with Crippen LogP contribution in [0.25, 0.3) is 0 Å². The molecule has 1 aromatic rings. The number of hydrogen-bond acceptors (Lipinski definition) is 2. The molecule has 0 bridgehead atoms. The van der Waals surface area contributed by atoms with Crippen molar-refractivity contribution in [2.75, 3.05) is 0 Å². The molecule has 1 atom stereocenters. The SMILES string of the molecule is N[C@H](CCCc1cccnc1)C1CCCC1. The maximum atomic E-state index is 6.23. The molecule has 0 radical (unpaired) electrons. The Morgan fingerprint density at radius 1 is 1.38 bits per heavy atom. The Morgan fingerprint density at radius 3 is 2.88 bits per heavy atom. The number of nitrogens with two attached hydrogens (primary N) is 1. The molecule has 2 N–H and O–H groups in total. The molecule has 0 aliphatic heterocycles. The van der Waals surface area contributed by atoms with E-state index < -0.39 is 0 Å². The van der Waals surface area contributed by atoms with Crippen molar-refractivity contribution in [3.05, 3.63) is 30.1 Å². The normalized spacial score (nSPS) is 18.8. The van der Waals surface area contributed by atoms with Gasteiger partial charge in [-0.25, -0.2) is 0 Å². The zero-order valence-corrected chi connectivity index (χ0v) is 9.94. The average molecular weight is 218 g/mol. The molecule has 1 heterocycles. The van der Waals surface area contributed by atoms with Gasteiger partial charge in [-0.05, 0) is 49.7 Å². The second-order valence-electron chi connectivity index (χ2n) is 4.96. The lowest BCUT2D eigenvalue weighted by atomic mass is 9.94. The van der Waals surface area contributed by atoms with Gasteiger partial charge in [0.1, 0.15) is 0 Å². The van der Waals surface area contributed by atoms with Crippen LogP contribution in [-0.4, -0.2) is 11.0 Å². The number of aryl methyl sites for hydroxylation is 1. The van der Waals surface area contributed by atoms with Gasteiger partial charge in [-0.1, -0.05) is 18.9 Å². The summed E-state index contributed by atoms with van der Waals surface area (Å²) in [7, 11) is 0. The Hall–Kier alpha value is -0.890. The smallest absolute Gasteiger partial charge is 0.0299 e. The second kappa shape index (κ2) is 6.00. The number of rotatable bonds is 5. The minimum atomic E-state index is 0.430. The van der Waals surface area contributed by atoms with Crippen LogP contribution >= 0.6 is 0 Å². The summed E-state index contributed by atoms with van der Waals surface area (Å²) in [5.41, 5.74) is 7.56. The Labute approximate surface area is 98.3 Å². The van der Waals surface area contributed by atoms with E-state index in [4.69, 9.17) is 5.73 Å². The van der Waals surface area contributed by atoms with Gasteiger partial charge in [-0.3, -0.25) is 4.98 Å². The fourth-order valence-electron chi connectivity index (χ4n) is 2.71. The van der Waals surface area contributed by atoms with Crippen LogP contribution in [0.1, 0.15) is 44.1 Å². The molecule has 0 aromatic carbocycles. The highest BCUT2D eigenvalue weighted by atomic mass is 14.7. The molecule has 0 saturated heterocycles. The van der Waals surface area contributed by atoms with Crippen LogP contribution in [0.5, 0.6) is 0 Å². The van der Waals surface area contributed by atoms with Crippen molar-refractivity contribution in [1.82, 2.24) is 4.98 Å². The van der Waals surface area contributed by atoms with Crippen molar-refractivity contribution in [3.63, 3.8) is 0 Å². The fraction of sp³-hybridized carbons (Fsp3) is 0.643. The van der Waals surface area contributed by atoms with Crippen molar-refractivity contribution < 1.29 is 0 Å². The molecular formula is C14H22N2. The number of hydrogen-bond donors (Lipinski definition) is 1. The van der Waals surface area contributed by atoms with Crippen molar-refractivity contribution in [3.8, 4) is 0 Å². The summed E-state index contributed by atoms with van der Waals surface area (Å²) in [5.74, 6) is 0.800. The van der Waals surface area contributed by atoms with E-state index in [0.29, 0.717) is 6.04 Å². The van der Waals surface area contributed by atoms with Crippen LogP contribution in [-0.2, 0) is 6.42 Å². The summed E-state index contributed by atoms with van der Waals surface area (Å²) in [4.78, 5) is 4.13. The van der Waals surface area contributed by atoms with Gasteiger partial charge >= 0.3 is 0 Å². The Balaban J connectivity index is 1.67. The molecule has 1 aliphatic carbocycles. The third-order valence-corrected chi connectivity index (χ3v) is 3.73. The van der Waals surface area contributed by atoms with Crippen molar-refractivity contribution >= 4 is 0 Å². The molecule has 16 heavy (non-hydrogen) atoms. The van der Waals surface area contributed by atoms with E-state index >= 15 is 0 Å². The van der Waals surface area contributed by atoms with E-state index in [9.17, 15) is 0 Å². The maximum absolute atomic E-state index is 6.23. The second-order valence-corrected chi connectivity index (χ2v) is 4.96. The van der Waals surface area contributed by atoms with Gasteiger partial charge < -0.3 is 5.73 Å². The third kappa shape index (κ3) is 3.31. The van der Waals surface area contributed by atoms with Crippen LogP contribution in [0.4, 0.5) is 0 Å². The Kier molecular flexibility index (Phi) is 4.34. The van der Waals surface area contributed by atoms with Gasteiger partial charge in [0.05, 0.1) is 0 Å². The number of pyridine rings is 1. The average Bonchev–Trinajstić information content (AvgIpc) is 2.84. The molecule has 0 amide bonds. The summed E-state index contributed by atoms with van der Waals surface area (Å²) in [6, 6.07) is 4.58. The maximum Gasteiger partial charge on any atom is 0.0299 e. The molecule has 0 spiro atoms. The van der Waals surface area contributed by atoms with Gasteiger partial charge in [-0.15, -0.1) is 0 Å². The molecule has 2 rings (SSSR count). The first-order valence-corrected chi connectivity index (χ1v) is 6.51. The highest BCUT2D eigenvalue weighted by Crippen LogP contribution is 2.28. The largest absolute Gasteiger partial charge is 0.327 e. The monoisotopic (exact) mass is 218 g/mol. The predicted molar refractivity (Wildman–Crippen MR) is 67.1 cm³/mol. The lowest BCUT2D eigenvalue weighted by Gasteiger charge is -2.18. The summed E-state index contributed by atoms with van der Waals surface area (Å²) in [6.07, 6.45) is 12.8. The van der Waals surface area contributed by atoms with Crippen LogP contribution in [0, 0.1) is 5.92 Å². The Bertz CT molecular complexity index is 291. The number of nitrogens with zero attached hydrogens (tertiary/aromatic N) is 1. The minimum absolute atomic E-state index is 0.430. The highest BCUT2D eigenvalue weighted by Gasteiger charge is 2.21. The highest BCUT2D eigenvalue weighted by molar-refractivity contribution is 5.08. The fourth-order valence-corrected chi connectivity index (χ4v) is 2.71. The molecule has 2 heteroatoms. The lowest BCUT2D eigenvalue weighted by Crippen LogP contribution is -2.28. The van der Waals surface area contributed by atoms with Gasteiger partial charge in [-0.2, -0.15) is 0 Å². The van der Waals surface area contributed by atoms with Crippen LogP contribution < -0.4 is 5.73 Å². The van der Waals surface area contributed by atoms with Crippen molar-refractivity contribution in [2.45, 2.75) is 51.0 Å². The van der Waals surface area contributed by atoms with Gasteiger partial charge in [0.25, 0.3) is 0 Å². The standard InChI is InChI=1S/C14H22N2/c15-14(13-7-1-2-8-13)9-3-5-12-6-4-10-16-11-12/h4,6,10-11,13-14H,1-3,5,7-9,15H2/t14-/m1/s1. The van der Waals surface area contributed by atoms with Crippen molar-refractivity contribution in [2.24, 2.45) is 11.7 Å². The molecule has 1 saturated carbocycles. The van der Waals surface area contributed by atoms with Crippen molar-refractivity contribution in [1.29, 1.82) is 0 Å². The molecular weight excluding hydrogens is 196 g/mol. The minimum Gasteiger partial charge on any atom is -0.327 e. The Morgan fingerprint density at radius 2 is 2.19 bits per heavy atom. The molecule has 1 aromatic heterocycles. The van der Waals surface area contributed by atoms with Gasteiger partial charge in [0, 0.05) is 18.4 Å². The summed E-state index contributed by atoms with van der Waals surface area (Å²) in [5, 5.41) is 0. The summed E-state index contributed by atoms with van der Waals surface area (Å²) < 4.78 is 0. The molecule has 88 valence electrons. The van der Waals surface area contributed by atoms with E-state index in [-0.39, 0.29) is 0 Å². The lowest BCUT2D eigenvalue weighted by molar-refractivity contribution is 0.402.